The summed E-state index contributed by atoms with van der Waals surface area (Å²) in [7, 11) is 0. The first-order valence-corrected chi connectivity index (χ1v) is 14.2. The number of carbonyl (C=O) groups excluding carboxylic acids is 2. The van der Waals surface area contributed by atoms with Gasteiger partial charge in [0.15, 0.2) is 0 Å². The number of piperidine rings is 1. The third kappa shape index (κ3) is 4.52. The fraction of sp³-hybridized carbons (Fsp3) is 0.364. The minimum Gasteiger partial charge on any atom is -0.368 e. The zero-order valence-electron chi connectivity index (χ0n) is 23.2. The molecule has 3 heterocycles. The third-order valence-corrected chi connectivity index (χ3v) is 9.07. The molecule has 3 aliphatic heterocycles. The van der Waals surface area contributed by atoms with Crippen LogP contribution in [0.5, 0.6) is 0 Å². The molecule has 0 aliphatic carbocycles. The number of piperazine rings is 1. The van der Waals surface area contributed by atoms with Crippen LogP contribution < -0.4 is 10.2 Å². The standard InChI is InChI=1S/C33H35N5O2/c1-23-19-24(2)27(20-26(23)22-36-15-17-37(18-16-36)30-10-6-3-7-25(30)21-34)31(39)38-13-11-33(12-14-38)28-8-4-5-9-29(28)35-32(33)40/h3-10,19-20H,11-18,22H2,1-2H3,(H,35,40). The van der Waals surface area contributed by atoms with E-state index in [0.717, 1.165) is 66.4 Å². The molecule has 7 nitrogen and oxygen atoms in total. The first kappa shape index (κ1) is 26.1. The van der Waals surface area contributed by atoms with Crippen molar-refractivity contribution in [2.24, 2.45) is 0 Å². The third-order valence-electron chi connectivity index (χ3n) is 9.07. The Hall–Kier alpha value is -4.15. The van der Waals surface area contributed by atoms with E-state index in [1.165, 1.54) is 11.1 Å². The fourth-order valence-electron chi connectivity index (χ4n) is 6.66. The van der Waals surface area contributed by atoms with Crippen LogP contribution in [0.2, 0.25) is 0 Å². The second-order valence-electron chi connectivity index (χ2n) is 11.4. The first-order valence-electron chi connectivity index (χ1n) is 14.2. The van der Waals surface area contributed by atoms with Gasteiger partial charge in [0, 0.05) is 57.1 Å². The lowest BCUT2D eigenvalue weighted by Gasteiger charge is -2.38. The zero-order valence-corrected chi connectivity index (χ0v) is 23.2. The number of rotatable bonds is 4. The van der Waals surface area contributed by atoms with E-state index >= 15 is 0 Å². The Morgan fingerprint density at radius 3 is 2.38 bits per heavy atom. The molecule has 2 saturated heterocycles. The summed E-state index contributed by atoms with van der Waals surface area (Å²) in [6.07, 6.45) is 1.27. The average molecular weight is 534 g/mol. The van der Waals surface area contributed by atoms with Crippen molar-refractivity contribution in [3.8, 4) is 6.07 Å². The van der Waals surface area contributed by atoms with Crippen molar-refractivity contribution in [1.82, 2.24) is 9.80 Å². The van der Waals surface area contributed by atoms with E-state index in [-0.39, 0.29) is 11.8 Å². The maximum Gasteiger partial charge on any atom is 0.254 e. The summed E-state index contributed by atoms with van der Waals surface area (Å²) >= 11 is 0. The van der Waals surface area contributed by atoms with Gasteiger partial charge in [-0.1, -0.05) is 36.4 Å². The predicted octanol–water partition coefficient (Wildman–Crippen LogP) is 4.62. The van der Waals surface area contributed by atoms with Crippen molar-refractivity contribution < 1.29 is 9.59 Å². The molecule has 0 bridgehead atoms. The van der Waals surface area contributed by atoms with Gasteiger partial charge in [0.25, 0.3) is 5.91 Å². The van der Waals surface area contributed by atoms with E-state index in [9.17, 15) is 14.9 Å². The number of likely N-dealkylation sites (tertiary alicyclic amines) is 1. The van der Waals surface area contributed by atoms with Crippen LogP contribution in [0.4, 0.5) is 11.4 Å². The van der Waals surface area contributed by atoms with E-state index in [4.69, 9.17) is 0 Å². The number of para-hydroxylation sites is 2. The molecule has 3 aromatic rings. The Kier molecular flexibility index (Phi) is 6.81. The SMILES string of the molecule is Cc1cc(C)c(C(=O)N2CCC3(CC2)C(=O)Nc2ccccc23)cc1CN1CCN(c2ccccc2C#N)CC1. The van der Waals surface area contributed by atoms with Crippen LogP contribution in [0.1, 0.15) is 51.0 Å². The Labute approximate surface area is 236 Å². The van der Waals surface area contributed by atoms with Gasteiger partial charge >= 0.3 is 0 Å². The summed E-state index contributed by atoms with van der Waals surface area (Å²) < 4.78 is 0. The lowest BCUT2D eigenvalue weighted by atomic mass is 9.73. The van der Waals surface area contributed by atoms with Crippen LogP contribution in [0.25, 0.3) is 0 Å². The highest BCUT2D eigenvalue weighted by Gasteiger charge is 2.48. The number of benzene rings is 3. The van der Waals surface area contributed by atoms with Crippen molar-refractivity contribution in [3.05, 3.63) is 94.0 Å². The molecule has 3 aromatic carbocycles. The second-order valence-corrected chi connectivity index (χ2v) is 11.4. The molecule has 0 unspecified atom stereocenters. The van der Waals surface area contributed by atoms with Gasteiger partial charge in [0.2, 0.25) is 5.91 Å². The molecule has 0 aromatic heterocycles. The number of hydrogen-bond acceptors (Lipinski definition) is 5. The lowest BCUT2D eigenvalue weighted by Crippen LogP contribution is -2.48. The van der Waals surface area contributed by atoms with Crippen LogP contribution in [0.3, 0.4) is 0 Å². The highest BCUT2D eigenvalue weighted by molar-refractivity contribution is 6.06. The van der Waals surface area contributed by atoms with Gasteiger partial charge in [-0.3, -0.25) is 14.5 Å². The topological polar surface area (TPSA) is 79.7 Å². The molecule has 0 atom stereocenters. The van der Waals surface area contributed by atoms with Crippen molar-refractivity contribution >= 4 is 23.2 Å². The highest BCUT2D eigenvalue weighted by Crippen LogP contribution is 2.45. The predicted molar refractivity (Wildman–Crippen MR) is 156 cm³/mol. The quantitative estimate of drug-likeness (QED) is 0.529. The van der Waals surface area contributed by atoms with Gasteiger partial charge in [-0.25, -0.2) is 0 Å². The number of hydrogen-bond donors (Lipinski definition) is 1. The van der Waals surface area contributed by atoms with Gasteiger partial charge in [0.1, 0.15) is 6.07 Å². The summed E-state index contributed by atoms with van der Waals surface area (Å²) in [6.45, 7) is 9.58. The molecule has 3 aliphatic rings. The number of fused-ring (bicyclic) bond motifs is 2. The molecule has 2 amide bonds. The van der Waals surface area contributed by atoms with Gasteiger partial charge in [-0.2, -0.15) is 5.26 Å². The Balaban J connectivity index is 1.13. The van der Waals surface area contributed by atoms with E-state index in [2.05, 4.69) is 40.2 Å². The molecule has 1 spiro atoms. The number of aryl methyl sites for hydroxylation is 2. The van der Waals surface area contributed by atoms with E-state index in [0.29, 0.717) is 25.9 Å². The maximum atomic E-state index is 13.7. The summed E-state index contributed by atoms with van der Waals surface area (Å²) in [5, 5.41) is 12.5. The van der Waals surface area contributed by atoms with Gasteiger partial charge in [-0.15, -0.1) is 0 Å². The van der Waals surface area contributed by atoms with Crippen LogP contribution >= 0.6 is 0 Å². The van der Waals surface area contributed by atoms with Crippen molar-refractivity contribution in [2.45, 2.75) is 38.6 Å². The molecular formula is C33H35N5O2. The summed E-state index contributed by atoms with van der Waals surface area (Å²) in [5.74, 6) is 0.115. The van der Waals surface area contributed by atoms with Crippen LogP contribution in [-0.2, 0) is 16.8 Å². The monoisotopic (exact) mass is 533 g/mol. The summed E-state index contributed by atoms with van der Waals surface area (Å²) in [5.41, 5.74) is 7.29. The Morgan fingerprint density at radius 1 is 0.925 bits per heavy atom. The van der Waals surface area contributed by atoms with E-state index in [1.54, 1.807) is 0 Å². The minimum atomic E-state index is -0.531. The van der Waals surface area contributed by atoms with Crippen LogP contribution in [0, 0.1) is 25.2 Å². The minimum absolute atomic E-state index is 0.0539. The lowest BCUT2D eigenvalue weighted by molar-refractivity contribution is -0.122. The van der Waals surface area contributed by atoms with Gasteiger partial charge in [0.05, 0.1) is 16.7 Å². The number of nitriles is 1. The Bertz CT molecular complexity index is 1510. The average Bonchev–Trinajstić information content (AvgIpc) is 3.25. The van der Waals surface area contributed by atoms with E-state index in [1.807, 2.05) is 60.4 Å². The molecule has 2 fully saturated rings. The number of anilines is 2. The van der Waals surface area contributed by atoms with Gasteiger partial charge < -0.3 is 15.1 Å². The maximum absolute atomic E-state index is 13.7. The zero-order chi connectivity index (χ0) is 27.9. The fourth-order valence-corrected chi connectivity index (χ4v) is 6.66. The Morgan fingerprint density at radius 2 is 1.62 bits per heavy atom. The number of nitrogens with zero attached hydrogens (tertiary/aromatic N) is 4. The van der Waals surface area contributed by atoms with Crippen molar-refractivity contribution in [2.75, 3.05) is 49.5 Å². The van der Waals surface area contributed by atoms with Crippen LogP contribution in [-0.4, -0.2) is 60.9 Å². The second kappa shape index (κ2) is 10.4. The largest absolute Gasteiger partial charge is 0.368 e. The molecule has 0 radical (unpaired) electrons. The molecule has 1 N–H and O–H groups in total. The smallest absolute Gasteiger partial charge is 0.254 e. The molecule has 7 heteroatoms. The summed E-state index contributed by atoms with van der Waals surface area (Å²) in [4.78, 5) is 33.4. The number of amides is 2. The van der Waals surface area contributed by atoms with E-state index < -0.39 is 5.41 Å². The normalized spacial score (nSPS) is 18.4. The molecular weight excluding hydrogens is 498 g/mol. The number of carbonyl (C=O) groups is 2. The molecule has 6 rings (SSSR count). The summed E-state index contributed by atoms with van der Waals surface area (Å²) in [6, 6.07) is 22.3. The molecule has 0 saturated carbocycles. The van der Waals surface area contributed by atoms with Crippen molar-refractivity contribution in [3.63, 3.8) is 0 Å². The van der Waals surface area contributed by atoms with Crippen LogP contribution in [0.15, 0.2) is 60.7 Å². The first-order chi connectivity index (χ1) is 19.4. The molecule has 204 valence electrons. The van der Waals surface area contributed by atoms with Gasteiger partial charge in [-0.05, 0) is 73.2 Å². The molecule has 40 heavy (non-hydrogen) atoms. The highest BCUT2D eigenvalue weighted by atomic mass is 16.2. The number of nitrogens with one attached hydrogen (secondary N) is 1. The van der Waals surface area contributed by atoms with Crippen molar-refractivity contribution in [1.29, 1.82) is 5.26 Å².